The third kappa shape index (κ3) is 5.75. The van der Waals surface area contributed by atoms with Gasteiger partial charge in [0.15, 0.2) is 31.2 Å². The van der Waals surface area contributed by atoms with Crippen molar-refractivity contribution in [3.63, 3.8) is 0 Å². The van der Waals surface area contributed by atoms with Crippen molar-refractivity contribution >= 4 is 52.8 Å². The van der Waals surface area contributed by atoms with Crippen LogP contribution in [0.5, 0.6) is 0 Å². The Morgan fingerprint density at radius 3 is 2.57 bits per heavy atom. The Labute approximate surface area is 247 Å². The number of nitrogens with zero attached hydrogens (tertiary/aromatic N) is 3. The zero-order chi connectivity index (χ0) is 30.0. The van der Waals surface area contributed by atoms with E-state index in [1.807, 2.05) is 52.7 Å². The van der Waals surface area contributed by atoms with Gasteiger partial charge >= 0.3 is 5.97 Å². The van der Waals surface area contributed by atoms with Crippen LogP contribution in [0.25, 0.3) is 0 Å². The van der Waals surface area contributed by atoms with Gasteiger partial charge < -0.3 is 30.2 Å². The van der Waals surface area contributed by atoms with Crippen LogP contribution in [-0.2, 0) is 41.7 Å². The SMILES string of the molecule is O=C(Cc1cccs1)N[C@@H]1C(=O)N2C(C(=O)[O-])=C(C[n+]3ccccc3)CS[C@H]12.O=C(O)C1/C(=C/CO)O[C@@H]2CC(=O)N12. The van der Waals surface area contributed by atoms with Crippen LogP contribution < -0.4 is 15.0 Å². The van der Waals surface area contributed by atoms with Gasteiger partial charge in [-0.15, -0.1) is 23.1 Å². The average Bonchev–Trinajstić information content (AvgIpc) is 3.57. The van der Waals surface area contributed by atoms with Crippen molar-refractivity contribution in [3.8, 4) is 0 Å². The number of nitrogens with one attached hydrogen (secondary N) is 1. The molecule has 1 unspecified atom stereocenters. The summed E-state index contributed by atoms with van der Waals surface area (Å²) in [4.78, 5) is 61.8. The van der Waals surface area contributed by atoms with Crippen LogP contribution in [0.15, 0.2) is 71.2 Å². The molecule has 220 valence electrons. The Hall–Kier alpha value is -4.21. The highest BCUT2D eigenvalue weighted by molar-refractivity contribution is 8.00. The van der Waals surface area contributed by atoms with E-state index in [9.17, 15) is 29.1 Å². The topological polar surface area (TPSA) is 180 Å². The molecular weight excluding hydrogens is 588 g/mol. The van der Waals surface area contributed by atoms with Gasteiger partial charge in [0.1, 0.15) is 17.2 Å². The average molecular weight is 615 g/mol. The number of hydrogen-bond acceptors (Lipinski definition) is 10. The lowest BCUT2D eigenvalue weighted by atomic mass is 10.0. The highest BCUT2D eigenvalue weighted by Crippen LogP contribution is 2.40. The van der Waals surface area contributed by atoms with E-state index >= 15 is 0 Å². The molecular formula is C27H26N4O9S2. The van der Waals surface area contributed by atoms with Crippen molar-refractivity contribution in [1.82, 2.24) is 15.1 Å². The zero-order valence-corrected chi connectivity index (χ0v) is 23.6. The second kappa shape index (κ2) is 12.3. The summed E-state index contributed by atoms with van der Waals surface area (Å²) < 4.78 is 7.02. The molecule has 6 heterocycles. The van der Waals surface area contributed by atoms with E-state index in [1.165, 1.54) is 39.0 Å². The fourth-order valence-corrected chi connectivity index (χ4v) is 7.05. The summed E-state index contributed by atoms with van der Waals surface area (Å²) in [5.74, 6) is -2.79. The molecule has 0 aromatic carbocycles. The number of aliphatic hydroxyl groups is 1. The Kier molecular flexibility index (Phi) is 8.61. The Bertz CT molecular complexity index is 1460. The molecule has 15 heteroatoms. The minimum absolute atomic E-state index is 0.0751. The van der Waals surface area contributed by atoms with Gasteiger partial charge in [0.05, 0.1) is 31.1 Å². The van der Waals surface area contributed by atoms with Gasteiger partial charge in [0.2, 0.25) is 11.8 Å². The van der Waals surface area contributed by atoms with Crippen LogP contribution in [0.1, 0.15) is 11.3 Å². The molecule has 13 nitrogen and oxygen atoms in total. The molecule has 0 spiro atoms. The minimum atomic E-state index is -1.37. The number of rotatable bonds is 8. The molecule has 3 N–H and O–H groups in total. The first-order chi connectivity index (χ1) is 20.2. The Morgan fingerprint density at radius 2 is 1.95 bits per heavy atom. The number of carboxylic acid groups (broad SMARTS) is 2. The standard InChI is InChI=1S/C19H17N3O4S2.C8H9NO5/c23-14(9-13-5-4-8-27-13)20-15-17(24)22-16(19(25)26)12(11-28-18(15)22)10-21-6-2-1-3-7-21;10-2-1-4-7(8(12)13)9-5(11)3-6(9)14-4/h1-8,15,18H,9-11H2,(H-,20,23,25,26);1,6-7,10H,2-3H2,(H,12,13)/b;4-1-/t15-,18-;6-,7?/m11/s1. The molecule has 3 saturated heterocycles. The normalized spacial score (nSPS) is 24.9. The number of fused-ring (bicyclic) bond motifs is 2. The van der Waals surface area contributed by atoms with Crippen molar-refractivity contribution in [1.29, 1.82) is 0 Å². The summed E-state index contributed by atoms with van der Waals surface area (Å²) >= 11 is 2.93. The second-order valence-corrected chi connectivity index (χ2v) is 11.7. The van der Waals surface area contributed by atoms with Crippen molar-refractivity contribution in [2.24, 2.45) is 0 Å². The van der Waals surface area contributed by atoms with Gasteiger partial charge in [0.25, 0.3) is 5.91 Å². The summed E-state index contributed by atoms with van der Waals surface area (Å²) in [7, 11) is 0. The molecule has 3 fully saturated rings. The van der Waals surface area contributed by atoms with E-state index in [0.717, 1.165) is 4.88 Å². The number of carboxylic acids is 2. The molecule has 0 radical (unpaired) electrons. The number of amides is 3. The molecule has 3 amide bonds. The largest absolute Gasteiger partial charge is 0.543 e. The number of aromatic nitrogens is 1. The maximum atomic E-state index is 12.6. The van der Waals surface area contributed by atoms with E-state index in [-0.39, 0.29) is 42.7 Å². The first-order valence-electron chi connectivity index (χ1n) is 12.8. The number of aliphatic hydroxyl groups excluding tert-OH is 1. The number of thioether (sulfide) groups is 1. The number of thiophene rings is 1. The molecule has 4 aliphatic heterocycles. The van der Waals surface area contributed by atoms with Crippen LogP contribution in [0.4, 0.5) is 0 Å². The molecule has 2 aromatic rings. The summed E-state index contributed by atoms with van der Waals surface area (Å²) in [5, 5.41) is 33.5. The molecule has 4 atom stereocenters. The molecule has 0 bridgehead atoms. The Balaban J connectivity index is 0.000000211. The highest BCUT2D eigenvalue weighted by atomic mass is 32.2. The maximum Gasteiger partial charge on any atom is 0.334 e. The number of β-lactam (4-membered cyclic amide) rings is 2. The highest BCUT2D eigenvalue weighted by Gasteiger charge is 2.54. The predicted octanol–water partition coefficient (Wildman–Crippen LogP) is -1.41. The van der Waals surface area contributed by atoms with E-state index in [4.69, 9.17) is 14.9 Å². The summed E-state index contributed by atoms with van der Waals surface area (Å²) in [5.41, 5.74) is 0.544. The number of carbonyl (C=O) groups is 5. The molecule has 4 aliphatic rings. The summed E-state index contributed by atoms with van der Waals surface area (Å²) in [6, 6.07) is 7.53. The van der Waals surface area contributed by atoms with Gasteiger partial charge in [0, 0.05) is 28.3 Å². The maximum absolute atomic E-state index is 12.6. The second-order valence-electron chi connectivity index (χ2n) is 9.61. The third-order valence-electron chi connectivity index (χ3n) is 6.92. The summed E-state index contributed by atoms with van der Waals surface area (Å²) in [6.07, 6.45) is 4.90. The van der Waals surface area contributed by atoms with Crippen LogP contribution in [0, 0.1) is 0 Å². The molecule has 6 rings (SSSR count). The quantitative estimate of drug-likeness (QED) is 0.236. The first-order valence-corrected chi connectivity index (χ1v) is 14.8. The lowest BCUT2D eigenvalue weighted by Gasteiger charge is -2.50. The number of aliphatic carboxylic acids is 2. The molecule has 0 saturated carbocycles. The number of ether oxygens (including phenoxy) is 1. The van der Waals surface area contributed by atoms with E-state index < -0.39 is 41.5 Å². The number of hydrogen-bond donors (Lipinski definition) is 3. The fourth-order valence-electron chi connectivity index (χ4n) is 5.01. The van der Waals surface area contributed by atoms with Crippen LogP contribution in [0.3, 0.4) is 0 Å². The van der Waals surface area contributed by atoms with Crippen LogP contribution in [0.2, 0.25) is 0 Å². The predicted molar refractivity (Wildman–Crippen MR) is 145 cm³/mol. The van der Waals surface area contributed by atoms with Gasteiger partial charge in [-0.2, -0.15) is 0 Å². The molecule has 42 heavy (non-hydrogen) atoms. The molecule has 2 aromatic heterocycles. The van der Waals surface area contributed by atoms with Crippen molar-refractivity contribution in [3.05, 3.63) is 76.1 Å². The smallest absolute Gasteiger partial charge is 0.334 e. The zero-order valence-electron chi connectivity index (χ0n) is 22.0. The fraction of sp³-hybridized carbons (Fsp3) is 0.333. The lowest BCUT2D eigenvalue weighted by molar-refractivity contribution is -0.689. The van der Waals surface area contributed by atoms with Gasteiger partial charge in [-0.3, -0.25) is 24.2 Å². The van der Waals surface area contributed by atoms with E-state index in [2.05, 4.69) is 5.32 Å². The Morgan fingerprint density at radius 1 is 1.19 bits per heavy atom. The number of carbonyl (C=O) groups excluding carboxylic acids is 4. The van der Waals surface area contributed by atoms with E-state index in [1.54, 1.807) is 0 Å². The monoisotopic (exact) mass is 614 g/mol. The third-order valence-corrected chi connectivity index (χ3v) is 9.13. The van der Waals surface area contributed by atoms with E-state index in [0.29, 0.717) is 17.9 Å². The summed E-state index contributed by atoms with van der Waals surface area (Å²) in [6.45, 7) is 0.0664. The molecule has 0 aliphatic carbocycles. The minimum Gasteiger partial charge on any atom is -0.543 e. The van der Waals surface area contributed by atoms with Crippen molar-refractivity contribution in [2.75, 3.05) is 12.4 Å². The van der Waals surface area contributed by atoms with Crippen molar-refractivity contribution in [2.45, 2.75) is 43.1 Å². The first kappa shape index (κ1) is 29.3. The lowest BCUT2D eigenvalue weighted by Crippen LogP contribution is -2.71. The van der Waals surface area contributed by atoms with Crippen LogP contribution in [-0.4, -0.2) is 85.7 Å². The van der Waals surface area contributed by atoms with Crippen molar-refractivity contribution < 1.29 is 48.6 Å². The van der Waals surface area contributed by atoms with Gasteiger partial charge in [-0.05, 0) is 17.5 Å². The van der Waals surface area contributed by atoms with Crippen LogP contribution >= 0.6 is 23.1 Å². The van der Waals surface area contributed by atoms with Gasteiger partial charge in [-0.25, -0.2) is 9.36 Å². The van der Waals surface area contributed by atoms with Gasteiger partial charge in [-0.1, -0.05) is 12.1 Å². The number of pyridine rings is 1.